The van der Waals surface area contributed by atoms with Crippen LogP contribution in [0.2, 0.25) is 0 Å². The van der Waals surface area contributed by atoms with Crippen LogP contribution in [0.5, 0.6) is 5.75 Å². The van der Waals surface area contributed by atoms with Gasteiger partial charge < -0.3 is 19.3 Å². The van der Waals surface area contributed by atoms with E-state index in [9.17, 15) is 18.0 Å². The van der Waals surface area contributed by atoms with Gasteiger partial charge in [-0.15, -0.1) is 0 Å². The molecule has 1 aliphatic rings. The van der Waals surface area contributed by atoms with Crippen molar-refractivity contribution in [3.63, 3.8) is 0 Å². The molecule has 0 unspecified atom stereocenters. The zero-order valence-electron chi connectivity index (χ0n) is 13.9. The number of carbonyl (C=O) groups is 1. The van der Waals surface area contributed by atoms with Crippen molar-refractivity contribution in [3.8, 4) is 5.75 Å². The van der Waals surface area contributed by atoms with E-state index in [0.717, 1.165) is 12.1 Å². The number of ether oxygens (including phenoxy) is 2. The molecule has 1 saturated heterocycles. The number of alkyl halides is 3. The fraction of sp³-hybridized carbons (Fsp3) is 0.412. The third-order valence-electron chi connectivity index (χ3n) is 3.91. The van der Waals surface area contributed by atoms with Gasteiger partial charge in [0.15, 0.2) is 11.5 Å². The average molecular weight is 370 g/mol. The quantitative estimate of drug-likeness (QED) is 0.846. The van der Waals surface area contributed by atoms with E-state index in [1.54, 1.807) is 0 Å². The molecule has 1 aromatic carbocycles. The number of rotatable bonds is 6. The smallest absolute Gasteiger partial charge is 0.416 e. The van der Waals surface area contributed by atoms with Crippen LogP contribution in [0.25, 0.3) is 0 Å². The number of hydrogen-bond acceptors (Lipinski definition) is 5. The summed E-state index contributed by atoms with van der Waals surface area (Å²) in [5.74, 6) is -0.127. The Morgan fingerprint density at radius 3 is 2.77 bits per heavy atom. The van der Waals surface area contributed by atoms with Crippen LogP contribution in [0.1, 0.15) is 28.7 Å². The third kappa shape index (κ3) is 4.34. The molecule has 2 heterocycles. The minimum absolute atomic E-state index is 0.0418. The predicted molar refractivity (Wildman–Crippen MR) is 83.5 cm³/mol. The van der Waals surface area contributed by atoms with Gasteiger partial charge in [0.05, 0.1) is 18.8 Å². The van der Waals surface area contributed by atoms with Gasteiger partial charge in [0, 0.05) is 18.0 Å². The topological polar surface area (TPSA) is 73.6 Å². The zero-order chi connectivity index (χ0) is 18.8. The maximum atomic E-state index is 12.7. The van der Waals surface area contributed by atoms with E-state index in [-0.39, 0.29) is 29.2 Å². The largest absolute Gasteiger partial charge is 0.486 e. The standard InChI is InChI=1S/C17H17F3N2O4/c1-16(9-24-10-16)8-21-15(23)14-6-13(26-22-14)7-25-12-4-2-3-11(5-12)17(18,19)20/h2-6H,7-10H2,1H3,(H,21,23). The van der Waals surface area contributed by atoms with Gasteiger partial charge in [0.2, 0.25) is 0 Å². The number of nitrogens with zero attached hydrogens (tertiary/aromatic N) is 1. The molecule has 0 spiro atoms. The highest BCUT2D eigenvalue weighted by Gasteiger charge is 2.34. The number of hydrogen-bond donors (Lipinski definition) is 1. The van der Waals surface area contributed by atoms with Crippen molar-refractivity contribution in [1.29, 1.82) is 0 Å². The molecule has 1 aliphatic heterocycles. The van der Waals surface area contributed by atoms with Gasteiger partial charge in [0.1, 0.15) is 12.4 Å². The number of nitrogens with one attached hydrogen (secondary N) is 1. The lowest BCUT2D eigenvalue weighted by Crippen LogP contribution is -2.48. The normalized spacial score (nSPS) is 16.0. The molecule has 0 atom stereocenters. The zero-order valence-corrected chi connectivity index (χ0v) is 13.9. The van der Waals surface area contributed by atoms with Crippen LogP contribution >= 0.6 is 0 Å². The first-order valence-corrected chi connectivity index (χ1v) is 7.87. The van der Waals surface area contributed by atoms with Gasteiger partial charge in [-0.05, 0) is 18.2 Å². The van der Waals surface area contributed by atoms with Gasteiger partial charge in [-0.3, -0.25) is 4.79 Å². The summed E-state index contributed by atoms with van der Waals surface area (Å²) in [6.07, 6.45) is -4.45. The van der Waals surface area contributed by atoms with E-state index < -0.39 is 17.6 Å². The molecule has 1 aromatic heterocycles. The lowest BCUT2D eigenvalue weighted by atomic mass is 9.89. The number of halogens is 3. The highest BCUT2D eigenvalue weighted by atomic mass is 19.4. The maximum Gasteiger partial charge on any atom is 0.416 e. The minimum Gasteiger partial charge on any atom is -0.486 e. The molecule has 9 heteroatoms. The second kappa shape index (κ2) is 6.99. The monoisotopic (exact) mass is 370 g/mol. The predicted octanol–water partition coefficient (Wildman–Crippen LogP) is 3.04. The van der Waals surface area contributed by atoms with Crippen LogP contribution in [-0.4, -0.2) is 30.8 Å². The Morgan fingerprint density at radius 2 is 2.12 bits per heavy atom. The molecule has 6 nitrogen and oxygen atoms in total. The third-order valence-corrected chi connectivity index (χ3v) is 3.91. The molecule has 26 heavy (non-hydrogen) atoms. The van der Waals surface area contributed by atoms with Crippen molar-refractivity contribution in [2.24, 2.45) is 5.41 Å². The summed E-state index contributed by atoms with van der Waals surface area (Å²) >= 11 is 0. The van der Waals surface area contributed by atoms with Gasteiger partial charge in [-0.1, -0.05) is 18.1 Å². The maximum absolute atomic E-state index is 12.7. The van der Waals surface area contributed by atoms with Crippen molar-refractivity contribution in [2.75, 3.05) is 19.8 Å². The molecule has 3 rings (SSSR count). The Labute approximate surface area is 147 Å². The van der Waals surface area contributed by atoms with E-state index in [1.165, 1.54) is 18.2 Å². The first-order valence-electron chi connectivity index (χ1n) is 7.87. The molecule has 0 aliphatic carbocycles. The van der Waals surface area contributed by atoms with Crippen molar-refractivity contribution < 1.29 is 32.0 Å². The summed E-state index contributed by atoms with van der Waals surface area (Å²) in [7, 11) is 0. The van der Waals surface area contributed by atoms with Crippen LogP contribution in [0, 0.1) is 5.41 Å². The van der Waals surface area contributed by atoms with Crippen LogP contribution in [0.15, 0.2) is 34.9 Å². The first-order chi connectivity index (χ1) is 12.3. The molecular formula is C17H17F3N2O4. The van der Waals surface area contributed by atoms with E-state index >= 15 is 0 Å². The molecule has 0 radical (unpaired) electrons. The summed E-state index contributed by atoms with van der Waals surface area (Å²) in [5.41, 5.74) is -0.799. The number of amides is 1. The lowest BCUT2D eigenvalue weighted by molar-refractivity contribution is -0.137. The van der Waals surface area contributed by atoms with Crippen molar-refractivity contribution in [2.45, 2.75) is 19.7 Å². The summed E-state index contributed by atoms with van der Waals surface area (Å²) in [5, 5.41) is 6.40. The van der Waals surface area contributed by atoms with Crippen molar-refractivity contribution >= 4 is 5.91 Å². The van der Waals surface area contributed by atoms with E-state index in [0.29, 0.717) is 19.8 Å². The van der Waals surface area contributed by atoms with Crippen LogP contribution in [-0.2, 0) is 17.5 Å². The molecule has 1 N–H and O–H groups in total. The van der Waals surface area contributed by atoms with Crippen LogP contribution in [0.3, 0.4) is 0 Å². The Morgan fingerprint density at radius 1 is 1.35 bits per heavy atom. The second-order valence-electron chi connectivity index (χ2n) is 6.48. The Kier molecular flexibility index (Phi) is 4.90. The minimum atomic E-state index is -4.45. The Hall–Kier alpha value is -2.55. The average Bonchev–Trinajstić information content (AvgIpc) is 3.05. The number of aromatic nitrogens is 1. The second-order valence-corrected chi connectivity index (χ2v) is 6.48. The highest BCUT2D eigenvalue weighted by molar-refractivity contribution is 5.92. The van der Waals surface area contributed by atoms with Crippen molar-refractivity contribution in [3.05, 3.63) is 47.3 Å². The fourth-order valence-corrected chi connectivity index (χ4v) is 2.34. The van der Waals surface area contributed by atoms with Crippen LogP contribution < -0.4 is 10.1 Å². The molecule has 0 saturated carbocycles. The van der Waals surface area contributed by atoms with Crippen LogP contribution in [0.4, 0.5) is 13.2 Å². The number of carbonyl (C=O) groups excluding carboxylic acids is 1. The summed E-state index contributed by atoms with van der Waals surface area (Å²) in [6.45, 7) is 3.47. The van der Waals surface area contributed by atoms with Crippen molar-refractivity contribution in [1.82, 2.24) is 10.5 Å². The number of benzene rings is 1. The van der Waals surface area contributed by atoms with E-state index in [4.69, 9.17) is 14.0 Å². The SMILES string of the molecule is CC1(CNC(=O)c2cc(COc3cccc(C(F)(F)F)c3)on2)COC1. The molecule has 1 fully saturated rings. The van der Waals surface area contributed by atoms with Gasteiger partial charge in [0.25, 0.3) is 5.91 Å². The first kappa shape index (κ1) is 18.2. The molecule has 0 bridgehead atoms. The van der Waals surface area contributed by atoms with Gasteiger partial charge >= 0.3 is 6.18 Å². The Balaban J connectivity index is 1.54. The highest BCUT2D eigenvalue weighted by Crippen LogP contribution is 2.31. The van der Waals surface area contributed by atoms with Gasteiger partial charge in [-0.25, -0.2) is 0 Å². The summed E-state index contributed by atoms with van der Waals surface area (Å²) in [4.78, 5) is 12.0. The fourth-order valence-electron chi connectivity index (χ4n) is 2.34. The van der Waals surface area contributed by atoms with Gasteiger partial charge in [-0.2, -0.15) is 13.2 Å². The molecule has 1 amide bonds. The molecular weight excluding hydrogens is 353 g/mol. The molecule has 140 valence electrons. The Bertz CT molecular complexity index is 784. The van der Waals surface area contributed by atoms with E-state index in [1.807, 2.05) is 6.92 Å². The summed E-state index contributed by atoms with van der Waals surface area (Å²) in [6, 6.07) is 5.90. The lowest BCUT2D eigenvalue weighted by Gasteiger charge is -2.37. The van der Waals surface area contributed by atoms with E-state index in [2.05, 4.69) is 10.5 Å². The molecule has 2 aromatic rings. The summed E-state index contributed by atoms with van der Waals surface area (Å²) < 4.78 is 53.4.